The molecule has 0 saturated heterocycles. The van der Waals surface area contributed by atoms with Gasteiger partial charge in [0, 0.05) is 36.6 Å². The lowest BCUT2D eigenvalue weighted by atomic mass is 10.1. The van der Waals surface area contributed by atoms with E-state index in [4.69, 9.17) is 21.7 Å². The van der Waals surface area contributed by atoms with Gasteiger partial charge in [0.1, 0.15) is 13.2 Å². The fourth-order valence-corrected chi connectivity index (χ4v) is 3.94. The van der Waals surface area contributed by atoms with Crippen molar-refractivity contribution < 1.29 is 9.47 Å². The smallest absolute Gasteiger partial charge is 0.170 e. The second-order valence-electron chi connectivity index (χ2n) is 6.97. The summed E-state index contributed by atoms with van der Waals surface area (Å²) >= 11 is 5.42. The van der Waals surface area contributed by atoms with Crippen LogP contribution in [0.1, 0.15) is 18.9 Å². The van der Waals surface area contributed by atoms with Crippen LogP contribution < -0.4 is 25.0 Å². The number of hydrogen-bond donors (Lipinski definition) is 2. The minimum absolute atomic E-state index is 0.560. The van der Waals surface area contributed by atoms with E-state index in [-0.39, 0.29) is 0 Å². The molecule has 0 aliphatic carbocycles. The Kier molecular flexibility index (Phi) is 5.34. The number of nitrogens with one attached hydrogen (secondary N) is 2. The summed E-state index contributed by atoms with van der Waals surface area (Å²) in [4.78, 5) is 2.49. The van der Waals surface area contributed by atoms with Crippen molar-refractivity contribution in [3.05, 3.63) is 48.0 Å². The molecule has 2 aromatic carbocycles. The Bertz CT molecular complexity index is 827. The number of fused-ring (bicyclic) bond motifs is 2. The monoisotopic (exact) mass is 383 g/mol. The molecular formula is C21H25N3O2S. The topological polar surface area (TPSA) is 45.8 Å². The maximum atomic E-state index is 5.61. The highest BCUT2D eigenvalue weighted by molar-refractivity contribution is 7.80. The molecule has 0 fully saturated rings. The molecule has 142 valence electrons. The van der Waals surface area contributed by atoms with E-state index < -0.39 is 0 Å². The van der Waals surface area contributed by atoms with Gasteiger partial charge in [0.15, 0.2) is 16.6 Å². The first-order valence-electron chi connectivity index (χ1n) is 9.50. The second kappa shape index (κ2) is 8.05. The molecule has 0 unspecified atom stereocenters. The summed E-state index contributed by atoms with van der Waals surface area (Å²) < 4.78 is 11.1. The molecule has 0 spiro atoms. The van der Waals surface area contributed by atoms with Gasteiger partial charge in [-0.2, -0.15) is 0 Å². The van der Waals surface area contributed by atoms with E-state index in [0.717, 1.165) is 43.1 Å². The van der Waals surface area contributed by atoms with Crippen molar-refractivity contribution >= 4 is 28.7 Å². The predicted molar refractivity (Wildman–Crippen MR) is 113 cm³/mol. The average Bonchev–Trinajstić information content (AvgIpc) is 3.00. The Balaban J connectivity index is 1.23. The lowest BCUT2D eigenvalue weighted by Gasteiger charge is -2.25. The lowest BCUT2D eigenvalue weighted by molar-refractivity contribution is 0.171. The highest BCUT2D eigenvalue weighted by Gasteiger charge is 2.24. The van der Waals surface area contributed by atoms with Crippen LogP contribution in [-0.4, -0.2) is 37.5 Å². The van der Waals surface area contributed by atoms with E-state index >= 15 is 0 Å². The number of benzene rings is 2. The third-order valence-electron chi connectivity index (χ3n) is 5.01. The van der Waals surface area contributed by atoms with E-state index in [1.54, 1.807) is 0 Å². The van der Waals surface area contributed by atoms with Crippen molar-refractivity contribution in [1.29, 1.82) is 0 Å². The van der Waals surface area contributed by atoms with Crippen molar-refractivity contribution in [2.24, 2.45) is 0 Å². The van der Waals surface area contributed by atoms with Gasteiger partial charge < -0.3 is 25.0 Å². The first kappa shape index (κ1) is 17.9. The number of rotatable bonds is 5. The van der Waals surface area contributed by atoms with Gasteiger partial charge in [-0.3, -0.25) is 0 Å². The molecule has 6 heteroatoms. The molecule has 2 heterocycles. The number of thiocarbonyl (C=S) groups is 1. The van der Waals surface area contributed by atoms with Crippen LogP contribution in [0, 0.1) is 0 Å². The van der Waals surface area contributed by atoms with Gasteiger partial charge in [-0.15, -0.1) is 0 Å². The van der Waals surface area contributed by atoms with Crippen LogP contribution >= 0.6 is 12.2 Å². The van der Waals surface area contributed by atoms with Crippen molar-refractivity contribution in [3.8, 4) is 11.5 Å². The van der Waals surface area contributed by atoms with Crippen molar-refractivity contribution in [3.63, 3.8) is 0 Å². The molecule has 0 bridgehead atoms. The van der Waals surface area contributed by atoms with Gasteiger partial charge in [-0.1, -0.05) is 18.2 Å². The molecule has 4 rings (SSSR count). The molecule has 27 heavy (non-hydrogen) atoms. The van der Waals surface area contributed by atoms with Crippen LogP contribution in [0.15, 0.2) is 42.5 Å². The quantitative estimate of drug-likeness (QED) is 0.608. The van der Waals surface area contributed by atoms with Gasteiger partial charge in [0.05, 0.1) is 0 Å². The van der Waals surface area contributed by atoms with Gasteiger partial charge >= 0.3 is 0 Å². The van der Waals surface area contributed by atoms with Crippen LogP contribution in [0.5, 0.6) is 11.5 Å². The van der Waals surface area contributed by atoms with Crippen molar-refractivity contribution in [1.82, 2.24) is 5.32 Å². The fraction of sp³-hybridized carbons (Fsp3) is 0.381. The summed E-state index contributed by atoms with van der Waals surface area (Å²) in [5.41, 5.74) is 3.73. The van der Waals surface area contributed by atoms with Crippen LogP contribution in [0.2, 0.25) is 0 Å². The van der Waals surface area contributed by atoms with Gasteiger partial charge in [-0.05, 0) is 55.7 Å². The highest BCUT2D eigenvalue weighted by Crippen LogP contribution is 2.33. The van der Waals surface area contributed by atoms with Crippen LogP contribution in [-0.2, 0) is 6.42 Å². The maximum absolute atomic E-state index is 5.61. The molecule has 0 radical (unpaired) electrons. The SMILES string of the molecule is C[C@@H]1Cc2ccccc2N1CCCNC(=S)Nc1ccc2c(c1)OCCO2. The number of anilines is 2. The Morgan fingerprint density at radius 3 is 2.85 bits per heavy atom. The maximum Gasteiger partial charge on any atom is 0.170 e. The standard InChI is InChI=1S/C21H25N3O2S/c1-15-13-16-5-2-3-6-18(16)24(15)10-4-9-22-21(27)23-17-7-8-19-20(14-17)26-12-11-25-19/h2-3,5-8,14-15H,4,9-13H2,1H3,(H2,22,23,27)/t15-/m1/s1. The third kappa shape index (κ3) is 4.11. The molecule has 2 aliphatic rings. The number of ether oxygens (including phenoxy) is 2. The lowest BCUT2D eigenvalue weighted by Crippen LogP contribution is -2.34. The average molecular weight is 384 g/mol. The largest absolute Gasteiger partial charge is 0.486 e. The van der Waals surface area contributed by atoms with E-state index in [0.29, 0.717) is 24.4 Å². The van der Waals surface area contributed by atoms with Crippen molar-refractivity contribution in [2.75, 3.05) is 36.5 Å². The zero-order chi connectivity index (χ0) is 18.6. The van der Waals surface area contributed by atoms with Gasteiger partial charge in [0.25, 0.3) is 0 Å². The summed E-state index contributed by atoms with van der Waals surface area (Å²) in [6.45, 7) is 5.33. The Morgan fingerprint density at radius 1 is 1.15 bits per heavy atom. The van der Waals surface area contributed by atoms with Gasteiger partial charge in [-0.25, -0.2) is 0 Å². The number of nitrogens with zero attached hydrogens (tertiary/aromatic N) is 1. The first-order valence-corrected chi connectivity index (χ1v) is 9.90. The molecule has 5 nitrogen and oxygen atoms in total. The normalized spacial score (nSPS) is 17.4. The number of para-hydroxylation sites is 1. The summed E-state index contributed by atoms with van der Waals surface area (Å²) in [6.07, 6.45) is 2.16. The Morgan fingerprint density at radius 2 is 1.96 bits per heavy atom. The number of hydrogen-bond acceptors (Lipinski definition) is 4. The van der Waals surface area contributed by atoms with Crippen LogP contribution in [0.25, 0.3) is 0 Å². The summed E-state index contributed by atoms with van der Waals surface area (Å²) in [7, 11) is 0. The fourth-order valence-electron chi connectivity index (χ4n) is 3.72. The van der Waals surface area contributed by atoms with E-state index in [1.807, 2.05) is 18.2 Å². The molecule has 2 aliphatic heterocycles. The highest BCUT2D eigenvalue weighted by atomic mass is 32.1. The minimum Gasteiger partial charge on any atom is -0.486 e. The molecule has 0 amide bonds. The van der Waals surface area contributed by atoms with Crippen molar-refractivity contribution in [2.45, 2.75) is 25.8 Å². The zero-order valence-corrected chi connectivity index (χ0v) is 16.3. The van der Waals surface area contributed by atoms with Crippen LogP contribution in [0.3, 0.4) is 0 Å². The molecule has 0 aromatic heterocycles. The molecule has 0 saturated carbocycles. The molecular weight excluding hydrogens is 358 g/mol. The molecule has 1 atom stereocenters. The second-order valence-corrected chi connectivity index (χ2v) is 7.38. The molecule has 2 aromatic rings. The Labute approximate surface area is 165 Å². The van der Waals surface area contributed by atoms with Gasteiger partial charge in [0.2, 0.25) is 0 Å². The summed E-state index contributed by atoms with van der Waals surface area (Å²) in [5.74, 6) is 1.54. The molecule has 2 N–H and O–H groups in total. The third-order valence-corrected chi connectivity index (χ3v) is 5.26. The van der Waals surface area contributed by atoms with E-state index in [9.17, 15) is 0 Å². The summed E-state index contributed by atoms with van der Waals surface area (Å²) in [6, 6.07) is 15.0. The van der Waals surface area contributed by atoms with E-state index in [2.05, 4.69) is 46.7 Å². The summed E-state index contributed by atoms with van der Waals surface area (Å²) in [5, 5.41) is 7.14. The minimum atomic E-state index is 0.560. The zero-order valence-electron chi connectivity index (χ0n) is 15.5. The Hall–Kier alpha value is -2.47. The first-order chi connectivity index (χ1) is 13.2. The van der Waals surface area contributed by atoms with E-state index in [1.165, 1.54) is 11.3 Å². The van der Waals surface area contributed by atoms with Crippen LogP contribution in [0.4, 0.5) is 11.4 Å². The predicted octanol–water partition coefficient (Wildman–Crippen LogP) is 3.59.